The zero-order valence-electron chi connectivity index (χ0n) is 21.2. The first-order chi connectivity index (χ1) is 15.9. The Morgan fingerprint density at radius 3 is 2.59 bits per heavy atom. The lowest BCUT2D eigenvalue weighted by Gasteiger charge is -2.34. The van der Waals surface area contributed by atoms with E-state index < -0.39 is 35.6 Å². The SMILES string of the molecule is CC(=Cc1csc(C)n1)[C@@H]1CC2N[C@@H]2CCC[C@H](C)[C@H](O)[C@@H](C)C(=O)C(C)(C)[C@@H](O)CC(=O)O1. The first-order valence-corrected chi connectivity index (χ1v) is 13.2. The minimum Gasteiger partial charge on any atom is -0.458 e. The molecule has 0 aliphatic carbocycles. The number of carbonyl (C=O) groups excluding carboxylic acids is 2. The van der Waals surface area contributed by atoms with Gasteiger partial charge in [0.2, 0.25) is 0 Å². The summed E-state index contributed by atoms with van der Waals surface area (Å²) in [5, 5.41) is 28.1. The highest BCUT2D eigenvalue weighted by molar-refractivity contribution is 7.09. The molecule has 1 aromatic rings. The van der Waals surface area contributed by atoms with Crippen molar-refractivity contribution in [2.75, 3.05) is 0 Å². The highest BCUT2D eigenvalue weighted by atomic mass is 32.1. The smallest absolute Gasteiger partial charge is 0.309 e. The van der Waals surface area contributed by atoms with E-state index in [1.165, 1.54) is 0 Å². The molecule has 34 heavy (non-hydrogen) atoms. The molecule has 8 heteroatoms. The number of nitrogens with one attached hydrogen (secondary N) is 1. The van der Waals surface area contributed by atoms with Crippen molar-refractivity contribution in [1.82, 2.24) is 10.3 Å². The number of Topliss-reactive ketones (excluding diaryl/α,β-unsaturated/α-hetero) is 1. The van der Waals surface area contributed by atoms with E-state index in [1.54, 1.807) is 32.1 Å². The third-order valence-corrected chi connectivity index (χ3v) is 8.37. The van der Waals surface area contributed by atoms with Crippen LogP contribution in [-0.2, 0) is 14.3 Å². The molecule has 3 rings (SSSR count). The lowest BCUT2D eigenvalue weighted by molar-refractivity contribution is -0.154. The maximum absolute atomic E-state index is 13.2. The van der Waals surface area contributed by atoms with Gasteiger partial charge in [-0.3, -0.25) is 9.59 Å². The van der Waals surface area contributed by atoms with Gasteiger partial charge in [-0.1, -0.05) is 34.1 Å². The number of aliphatic hydroxyl groups excluding tert-OH is 2. The largest absolute Gasteiger partial charge is 0.458 e. The fraction of sp³-hybridized carbons (Fsp3) is 0.731. The third kappa shape index (κ3) is 6.53. The number of thiazole rings is 1. The molecule has 0 spiro atoms. The number of aromatic nitrogens is 1. The maximum atomic E-state index is 13.2. The first kappa shape index (κ1) is 27.0. The zero-order valence-corrected chi connectivity index (χ0v) is 22.0. The van der Waals surface area contributed by atoms with Crippen molar-refractivity contribution in [3.63, 3.8) is 0 Å². The molecule has 2 fully saturated rings. The van der Waals surface area contributed by atoms with Crippen molar-refractivity contribution in [2.45, 2.75) is 104 Å². The van der Waals surface area contributed by atoms with E-state index >= 15 is 0 Å². The molecule has 2 aliphatic heterocycles. The summed E-state index contributed by atoms with van der Waals surface area (Å²) in [7, 11) is 0. The van der Waals surface area contributed by atoms with E-state index in [2.05, 4.69) is 10.3 Å². The van der Waals surface area contributed by atoms with Crippen LogP contribution >= 0.6 is 11.3 Å². The van der Waals surface area contributed by atoms with Crippen LogP contribution in [0.4, 0.5) is 0 Å². The maximum Gasteiger partial charge on any atom is 0.309 e. The highest BCUT2D eigenvalue weighted by Gasteiger charge is 2.43. The van der Waals surface area contributed by atoms with Crippen LogP contribution in [0.2, 0.25) is 0 Å². The summed E-state index contributed by atoms with van der Waals surface area (Å²) < 4.78 is 5.86. The third-order valence-electron chi connectivity index (χ3n) is 7.58. The van der Waals surface area contributed by atoms with Crippen molar-refractivity contribution in [3.8, 4) is 0 Å². The zero-order chi connectivity index (χ0) is 25.2. The summed E-state index contributed by atoms with van der Waals surface area (Å²) in [6.45, 7) is 10.8. The average molecular weight is 493 g/mol. The lowest BCUT2D eigenvalue weighted by Crippen LogP contribution is -2.45. The Morgan fingerprint density at radius 2 is 1.94 bits per heavy atom. The Hall–Kier alpha value is -1.61. The first-order valence-electron chi connectivity index (χ1n) is 12.4. The molecule has 2 aliphatic rings. The number of aryl methyl sites for hydroxylation is 1. The van der Waals surface area contributed by atoms with E-state index in [-0.39, 0.29) is 24.2 Å². The number of hydrogen-bond acceptors (Lipinski definition) is 8. The number of hydrogen-bond donors (Lipinski definition) is 3. The molecule has 0 amide bonds. The molecule has 1 unspecified atom stereocenters. The second-order valence-electron chi connectivity index (χ2n) is 10.8. The standard InChI is InChI=1S/C26H40N2O5S/c1-14-8-7-9-19-20(28-19)11-21(15(2)10-18-13-34-17(4)27-18)33-23(30)12-22(29)26(5,6)25(32)16(3)24(14)31/h10,13-14,16,19-22,24,28-29,31H,7-9,11-12H2,1-6H3/t14-,16+,19+,20?,21-,22-,24-/m0/s1. The number of ketones is 1. The van der Waals surface area contributed by atoms with Gasteiger partial charge in [-0.05, 0) is 44.3 Å². The average Bonchev–Trinajstić information content (AvgIpc) is 3.38. The Kier molecular flexibility index (Phi) is 8.71. The van der Waals surface area contributed by atoms with Gasteiger partial charge in [-0.2, -0.15) is 0 Å². The van der Waals surface area contributed by atoms with Crippen molar-refractivity contribution >= 4 is 29.2 Å². The molecule has 0 aromatic carbocycles. The molecule has 1 aromatic heterocycles. The van der Waals surface area contributed by atoms with Gasteiger partial charge in [-0.25, -0.2) is 4.98 Å². The molecular weight excluding hydrogens is 452 g/mol. The van der Waals surface area contributed by atoms with Crippen LogP contribution in [0, 0.1) is 24.2 Å². The van der Waals surface area contributed by atoms with E-state index in [4.69, 9.17) is 4.74 Å². The van der Waals surface area contributed by atoms with Gasteiger partial charge in [0.25, 0.3) is 0 Å². The number of esters is 1. The molecule has 0 bridgehead atoms. The predicted molar refractivity (Wildman–Crippen MR) is 133 cm³/mol. The minimum atomic E-state index is -1.21. The van der Waals surface area contributed by atoms with Crippen molar-refractivity contribution in [1.29, 1.82) is 0 Å². The number of nitrogens with zero attached hydrogens (tertiary/aromatic N) is 1. The molecule has 0 radical (unpaired) electrons. The van der Waals surface area contributed by atoms with Crippen LogP contribution < -0.4 is 5.32 Å². The van der Waals surface area contributed by atoms with Crippen LogP contribution in [0.5, 0.6) is 0 Å². The molecule has 3 heterocycles. The summed E-state index contributed by atoms with van der Waals surface area (Å²) >= 11 is 1.57. The highest BCUT2D eigenvalue weighted by Crippen LogP contribution is 2.33. The van der Waals surface area contributed by atoms with E-state index in [9.17, 15) is 19.8 Å². The Morgan fingerprint density at radius 1 is 1.24 bits per heavy atom. The number of carbonyl (C=O) groups is 2. The van der Waals surface area contributed by atoms with Gasteiger partial charge < -0.3 is 20.3 Å². The van der Waals surface area contributed by atoms with Gasteiger partial charge in [0.15, 0.2) is 0 Å². The number of fused-ring (bicyclic) bond motifs is 1. The van der Waals surface area contributed by atoms with Crippen molar-refractivity contribution in [2.24, 2.45) is 17.3 Å². The van der Waals surface area contributed by atoms with Gasteiger partial charge in [0.1, 0.15) is 11.9 Å². The molecule has 3 N–H and O–H groups in total. The summed E-state index contributed by atoms with van der Waals surface area (Å²) in [5.74, 6) is -1.43. The fourth-order valence-corrected chi connectivity index (χ4v) is 5.49. The van der Waals surface area contributed by atoms with Crippen LogP contribution in [0.3, 0.4) is 0 Å². The summed E-state index contributed by atoms with van der Waals surface area (Å²) in [6, 6.07) is 0.615. The Bertz CT molecular complexity index is 911. The minimum absolute atomic E-state index is 0.0264. The van der Waals surface area contributed by atoms with E-state index in [1.807, 2.05) is 32.2 Å². The lowest BCUT2D eigenvalue weighted by atomic mass is 9.73. The molecule has 190 valence electrons. The fourth-order valence-electron chi connectivity index (χ4n) is 4.92. The van der Waals surface area contributed by atoms with Gasteiger partial charge in [-0.15, -0.1) is 11.3 Å². The van der Waals surface area contributed by atoms with Crippen LogP contribution in [-0.4, -0.2) is 57.3 Å². The molecule has 7 atom stereocenters. The summed E-state index contributed by atoms with van der Waals surface area (Å²) in [4.78, 5) is 30.5. The Labute approximate surface area is 207 Å². The van der Waals surface area contributed by atoms with Crippen LogP contribution in [0.15, 0.2) is 11.0 Å². The van der Waals surface area contributed by atoms with Crippen LogP contribution in [0.25, 0.3) is 6.08 Å². The summed E-state index contributed by atoms with van der Waals surface area (Å²) in [6.07, 6.45) is 2.64. The molecule has 0 saturated carbocycles. The van der Waals surface area contributed by atoms with Crippen LogP contribution in [0.1, 0.15) is 77.4 Å². The second kappa shape index (κ2) is 11.0. The quantitative estimate of drug-likeness (QED) is 0.426. The van der Waals surface area contributed by atoms with E-state index in [0.717, 1.165) is 35.5 Å². The summed E-state index contributed by atoms with van der Waals surface area (Å²) in [5.41, 5.74) is 0.567. The monoisotopic (exact) mass is 492 g/mol. The van der Waals surface area contributed by atoms with Crippen molar-refractivity contribution < 1.29 is 24.5 Å². The molecular formula is C26H40N2O5S. The predicted octanol–water partition coefficient (Wildman–Crippen LogP) is 3.66. The topological polar surface area (TPSA) is 119 Å². The van der Waals surface area contributed by atoms with Crippen molar-refractivity contribution in [3.05, 3.63) is 21.7 Å². The number of cyclic esters (lactones) is 1. The molecule has 2 saturated heterocycles. The van der Waals surface area contributed by atoms with Gasteiger partial charge in [0, 0.05) is 29.8 Å². The van der Waals surface area contributed by atoms with Gasteiger partial charge >= 0.3 is 5.97 Å². The molecule has 7 nitrogen and oxygen atoms in total. The van der Waals surface area contributed by atoms with E-state index in [0.29, 0.717) is 12.5 Å². The normalized spacial score (nSPS) is 36.0. The second-order valence-corrected chi connectivity index (χ2v) is 11.8. The van der Waals surface area contributed by atoms with Gasteiger partial charge in [0.05, 0.1) is 34.7 Å². The number of aliphatic hydroxyl groups is 2. The number of rotatable bonds is 2. The number of ether oxygens (including phenoxy) is 1. The Balaban J connectivity index is 1.81.